The fraction of sp³-hybridized carbons (Fsp3) is 1.00. The SMILES string of the molecule is CC1CCC[C@@H](C)CCO[C@H](CO[C@@H]2O[C@@H]([C@H](O)CO)[C@H](O)[C@H]2O)COCCCCCC[C@H]2CC[C@@H](CCCCCCCOC[C@H](OP(=O)(O)O)OCC[C@H](C)CCCC(C)CC1)C2. The molecule has 0 aromatic carbocycles. The van der Waals surface area contributed by atoms with Crippen LogP contribution in [0.2, 0.25) is 0 Å². The average Bonchev–Trinajstić information content (AvgIpc) is 3.82. The molecule has 0 aromatic heterocycles. The third-order valence-corrected chi connectivity index (χ3v) is 14.6. The summed E-state index contributed by atoms with van der Waals surface area (Å²) in [4.78, 5) is 18.8. The highest BCUT2D eigenvalue weighted by Gasteiger charge is 2.46. The van der Waals surface area contributed by atoms with Crippen LogP contribution in [-0.4, -0.2) is 126 Å². The van der Waals surface area contributed by atoms with Crippen LogP contribution in [0, 0.1) is 35.5 Å². The van der Waals surface area contributed by atoms with Crippen molar-refractivity contribution in [3.63, 3.8) is 0 Å². The maximum absolute atomic E-state index is 11.6. The molecule has 2 bridgehead atoms. The van der Waals surface area contributed by atoms with Crippen LogP contribution in [0.25, 0.3) is 0 Å². The monoisotopic (exact) mass is 939 g/mol. The molecule has 0 aromatic rings. The summed E-state index contributed by atoms with van der Waals surface area (Å²) in [5, 5.41) is 40.2. The lowest BCUT2D eigenvalue weighted by Gasteiger charge is -2.23. The highest BCUT2D eigenvalue weighted by atomic mass is 31.2. The lowest BCUT2D eigenvalue weighted by molar-refractivity contribution is -0.198. The van der Waals surface area contributed by atoms with Crippen LogP contribution in [0.15, 0.2) is 0 Å². The number of rotatable bonds is 7. The molecular formula is C49H95O14P. The van der Waals surface area contributed by atoms with Crippen molar-refractivity contribution in [2.45, 2.75) is 225 Å². The second-order valence-corrected chi connectivity index (χ2v) is 21.5. The lowest BCUT2D eigenvalue weighted by atomic mass is 9.89. The van der Waals surface area contributed by atoms with Gasteiger partial charge in [0.05, 0.1) is 33.0 Å². The van der Waals surface area contributed by atoms with Crippen LogP contribution < -0.4 is 0 Å². The molecular weight excluding hydrogens is 843 g/mol. The van der Waals surface area contributed by atoms with E-state index in [9.17, 15) is 34.8 Å². The zero-order valence-electron chi connectivity index (χ0n) is 40.5. The summed E-state index contributed by atoms with van der Waals surface area (Å²) in [7, 11) is -4.69. The van der Waals surface area contributed by atoms with E-state index in [0.29, 0.717) is 56.7 Å². The zero-order chi connectivity index (χ0) is 46.6. The summed E-state index contributed by atoms with van der Waals surface area (Å²) in [5.74, 6) is 3.99. The molecule has 2 aliphatic heterocycles. The Balaban J connectivity index is 1.45. The van der Waals surface area contributed by atoms with Gasteiger partial charge in [-0.2, -0.15) is 0 Å². The predicted molar refractivity (Wildman–Crippen MR) is 248 cm³/mol. The molecule has 3 aliphatic rings. The summed E-state index contributed by atoms with van der Waals surface area (Å²) in [6.45, 7) is 11.2. The molecule has 380 valence electrons. The average molecular weight is 939 g/mol. The van der Waals surface area contributed by atoms with Crippen molar-refractivity contribution in [2.24, 2.45) is 35.5 Å². The minimum absolute atomic E-state index is 0.0131. The van der Waals surface area contributed by atoms with Crippen LogP contribution in [0.5, 0.6) is 0 Å². The van der Waals surface area contributed by atoms with Crippen molar-refractivity contribution in [1.82, 2.24) is 0 Å². The van der Waals surface area contributed by atoms with Crippen LogP contribution >= 0.6 is 7.82 Å². The van der Waals surface area contributed by atoms with Crippen molar-refractivity contribution in [3.8, 4) is 0 Å². The molecule has 15 heteroatoms. The minimum atomic E-state index is -4.69. The second kappa shape index (κ2) is 34.1. The topological polar surface area (TPSA) is 203 Å². The number of aliphatic hydroxyl groups is 4. The van der Waals surface area contributed by atoms with Gasteiger partial charge in [-0.05, 0) is 67.6 Å². The number of phosphoric acid groups is 1. The molecule has 1 aliphatic carbocycles. The molecule has 3 fully saturated rings. The maximum Gasteiger partial charge on any atom is 0.472 e. The van der Waals surface area contributed by atoms with Crippen LogP contribution in [0.4, 0.5) is 0 Å². The van der Waals surface area contributed by atoms with Gasteiger partial charge in [0.2, 0.25) is 0 Å². The molecule has 1 saturated carbocycles. The Kier molecular flexibility index (Phi) is 30.9. The molecule has 0 spiro atoms. The van der Waals surface area contributed by atoms with Crippen molar-refractivity contribution in [1.29, 1.82) is 0 Å². The van der Waals surface area contributed by atoms with E-state index < -0.39 is 51.4 Å². The predicted octanol–water partition coefficient (Wildman–Crippen LogP) is 8.84. The normalized spacial score (nSPS) is 36.2. The summed E-state index contributed by atoms with van der Waals surface area (Å²) in [6.07, 6.45) is 20.3. The van der Waals surface area contributed by atoms with Crippen LogP contribution in [-0.2, 0) is 37.5 Å². The van der Waals surface area contributed by atoms with Gasteiger partial charge in [0, 0.05) is 19.8 Å². The van der Waals surface area contributed by atoms with Gasteiger partial charge in [0.1, 0.15) is 30.5 Å². The Morgan fingerprint density at radius 2 is 1.08 bits per heavy atom. The molecule has 3 rings (SSSR count). The molecule has 0 amide bonds. The van der Waals surface area contributed by atoms with E-state index in [1.165, 1.54) is 96.3 Å². The highest BCUT2D eigenvalue weighted by molar-refractivity contribution is 7.46. The highest BCUT2D eigenvalue weighted by Crippen LogP contribution is 2.39. The fourth-order valence-corrected chi connectivity index (χ4v) is 10.1. The molecule has 2 saturated heterocycles. The van der Waals surface area contributed by atoms with Crippen LogP contribution in [0.1, 0.15) is 182 Å². The first-order chi connectivity index (χ1) is 30.7. The van der Waals surface area contributed by atoms with Gasteiger partial charge in [-0.25, -0.2) is 4.57 Å². The third-order valence-electron chi connectivity index (χ3n) is 14.1. The van der Waals surface area contributed by atoms with Gasteiger partial charge in [0.15, 0.2) is 12.6 Å². The van der Waals surface area contributed by atoms with E-state index in [4.69, 9.17) is 32.9 Å². The zero-order valence-corrected chi connectivity index (χ0v) is 41.4. The van der Waals surface area contributed by atoms with Crippen molar-refractivity contribution < 1.29 is 67.7 Å². The van der Waals surface area contributed by atoms with Crippen LogP contribution in [0.3, 0.4) is 0 Å². The quantitative estimate of drug-likeness (QED) is 0.132. The Labute approximate surface area is 387 Å². The van der Waals surface area contributed by atoms with E-state index in [1.54, 1.807) is 0 Å². The molecule has 2 heterocycles. The number of aliphatic hydroxyl groups excluding tert-OH is 4. The molecule has 64 heavy (non-hydrogen) atoms. The molecule has 2 unspecified atom stereocenters. The summed E-state index contributed by atoms with van der Waals surface area (Å²) in [6, 6.07) is 0. The summed E-state index contributed by atoms with van der Waals surface area (Å²) >= 11 is 0. The maximum atomic E-state index is 11.6. The lowest BCUT2D eigenvalue weighted by Crippen LogP contribution is -2.40. The van der Waals surface area contributed by atoms with Gasteiger partial charge in [0.25, 0.3) is 0 Å². The first kappa shape index (κ1) is 58.0. The number of hydrogen-bond acceptors (Lipinski definition) is 12. The third kappa shape index (κ3) is 26.5. The van der Waals surface area contributed by atoms with Crippen molar-refractivity contribution in [2.75, 3.05) is 52.9 Å². The first-order valence-electron chi connectivity index (χ1n) is 25.8. The number of phosphoric ester groups is 1. The van der Waals surface area contributed by atoms with Crippen molar-refractivity contribution in [3.05, 3.63) is 0 Å². The van der Waals surface area contributed by atoms with E-state index in [1.807, 2.05) is 0 Å². The number of hydrogen-bond donors (Lipinski definition) is 6. The Bertz CT molecular complexity index is 1180. The van der Waals surface area contributed by atoms with Gasteiger partial charge < -0.3 is 58.6 Å². The largest absolute Gasteiger partial charge is 0.472 e. The number of ether oxygens (including phenoxy) is 6. The Morgan fingerprint density at radius 1 is 0.578 bits per heavy atom. The summed E-state index contributed by atoms with van der Waals surface area (Å²) < 4.78 is 51.9. The van der Waals surface area contributed by atoms with E-state index in [0.717, 1.165) is 69.6 Å². The van der Waals surface area contributed by atoms with E-state index in [-0.39, 0.29) is 19.3 Å². The van der Waals surface area contributed by atoms with Gasteiger partial charge in [-0.3, -0.25) is 4.52 Å². The van der Waals surface area contributed by atoms with E-state index in [2.05, 4.69) is 27.7 Å². The Hall–Kier alpha value is -0.290. The Morgan fingerprint density at radius 3 is 1.62 bits per heavy atom. The van der Waals surface area contributed by atoms with Gasteiger partial charge in [-0.1, -0.05) is 150 Å². The standard InChI is InChI=1S/C49H95O14P/c1-37-16-14-18-39(3)26-30-59-43(35-61-49-47(53)46(52)48(62-49)44(51)33-50)34-57-28-13-9-7-11-21-42-25-24-41(32-42)20-10-6-5-8-12-29-58-36-45(63-64(54,55)56)60-31-27-40(4)19-15-17-38(2)23-22-37/h37-53H,5-36H2,1-4H3,(H2,54,55,56)/t37?,38?,39-,40-,41-,42+,43+,44-,45+,46-,47-,48+,49-/m1/s1. The molecule has 13 atom stereocenters. The van der Waals surface area contributed by atoms with E-state index >= 15 is 0 Å². The first-order valence-corrected chi connectivity index (χ1v) is 27.3. The summed E-state index contributed by atoms with van der Waals surface area (Å²) in [5.41, 5.74) is 0. The smallest absolute Gasteiger partial charge is 0.394 e. The van der Waals surface area contributed by atoms with Crippen molar-refractivity contribution >= 4 is 7.82 Å². The molecule has 14 nitrogen and oxygen atoms in total. The fourth-order valence-electron chi connectivity index (χ4n) is 9.71. The van der Waals surface area contributed by atoms with Gasteiger partial charge in [-0.15, -0.1) is 0 Å². The molecule has 0 radical (unpaired) electrons. The van der Waals surface area contributed by atoms with Gasteiger partial charge >= 0.3 is 7.82 Å². The second-order valence-electron chi connectivity index (χ2n) is 20.3. The number of fused-ring (bicyclic) bond motifs is 2. The minimum Gasteiger partial charge on any atom is -0.394 e. The molecule has 6 N–H and O–H groups in total.